The first kappa shape index (κ1) is 18.8. The van der Waals surface area contributed by atoms with Gasteiger partial charge in [0.15, 0.2) is 0 Å². The van der Waals surface area contributed by atoms with Crippen molar-refractivity contribution in [2.45, 2.75) is 51.0 Å². The third kappa shape index (κ3) is 4.79. The summed E-state index contributed by atoms with van der Waals surface area (Å²) in [6.45, 7) is 1.76. The van der Waals surface area contributed by atoms with Gasteiger partial charge in [0, 0.05) is 29.6 Å². The van der Waals surface area contributed by atoms with Crippen molar-refractivity contribution in [3.05, 3.63) is 30.0 Å². The maximum Gasteiger partial charge on any atom is 0.224 e. The number of benzene rings is 1. The number of amides is 1. The molecular weight excluding hydrogens is 328 g/mol. The first-order valence-electron chi connectivity index (χ1n) is 9.68. The van der Waals surface area contributed by atoms with Crippen molar-refractivity contribution < 1.29 is 13.9 Å². The molecule has 2 aromatic rings. The molecule has 142 valence electrons. The van der Waals surface area contributed by atoms with E-state index in [1.54, 1.807) is 13.4 Å². The van der Waals surface area contributed by atoms with Gasteiger partial charge in [-0.1, -0.05) is 19.3 Å². The largest absolute Gasteiger partial charge is 0.497 e. The Morgan fingerprint density at radius 2 is 2.12 bits per heavy atom. The normalized spacial score (nSPS) is 15.5. The van der Waals surface area contributed by atoms with Gasteiger partial charge in [-0.2, -0.15) is 0 Å². The van der Waals surface area contributed by atoms with Crippen LogP contribution in [0.3, 0.4) is 0 Å². The molecule has 0 unspecified atom stereocenters. The van der Waals surface area contributed by atoms with Crippen molar-refractivity contribution >= 4 is 16.9 Å². The minimum absolute atomic E-state index is 0.0452. The molecule has 1 heterocycles. The fraction of sp³-hybridized carbons (Fsp3) is 0.571. The molecule has 0 spiro atoms. The molecule has 3 rings (SSSR count). The summed E-state index contributed by atoms with van der Waals surface area (Å²) in [5.41, 5.74) is 1.67. The number of carbonyl (C=O) groups is 1. The van der Waals surface area contributed by atoms with Crippen LogP contribution in [0.4, 0.5) is 0 Å². The third-order valence-electron chi connectivity index (χ3n) is 5.42. The first-order chi connectivity index (χ1) is 12.7. The van der Waals surface area contributed by atoms with E-state index < -0.39 is 0 Å². The van der Waals surface area contributed by atoms with E-state index in [-0.39, 0.29) is 5.91 Å². The van der Waals surface area contributed by atoms with Crippen LogP contribution < -0.4 is 10.1 Å². The van der Waals surface area contributed by atoms with E-state index >= 15 is 0 Å². The Balaban J connectivity index is 1.41. The Kier molecular flexibility index (Phi) is 6.56. The predicted molar refractivity (Wildman–Crippen MR) is 104 cm³/mol. The van der Waals surface area contributed by atoms with Gasteiger partial charge in [0.05, 0.1) is 19.8 Å². The fourth-order valence-electron chi connectivity index (χ4n) is 3.82. The second-order valence-corrected chi connectivity index (χ2v) is 7.28. The Bertz CT molecular complexity index is 719. The van der Waals surface area contributed by atoms with Gasteiger partial charge in [0.25, 0.3) is 0 Å². The van der Waals surface area contributed by atoms with Gasteiger partial charge in [0.2, 0.25) is 5.91 Å². The zero-order chi connectivity index (χ0) is 18.4. The summed E-state index contributed by atoms with van der Waals surface area (Å²) in [5.74, 6) is 0.800. The Labute approximate surface area is 155 Å². The van der Waals surface area contributed by atoms with E-state index in [2.05, 4.69) is 17.3 Å². The van der Waals surface area contributed by atoms with Crippen LogP contribution in [0.1, 0.15) is 44.1 Å². The standard InChI is InChI=1S/C21H30N2O3/c1-23(17-7-4-3-5-8-17)12-6-11-22-21(24)13-16-15-26-20-14-18(25-2)9-10-19(16)20/h9-10,14-15,17H,3-8,11-13H2,1-2H3,(H,22,24). The van der Waals surface area contributed by atoms with Crippen LogP contribution >= 0.6 is 0 Å². The lowest BCUT2D eigenvalue weighted by atomic mass is 9.94. The highest BCUT2D eigenvalue weighted by molar-refractivity contribution is 5.88. The zero-order valence-electron chi connectivity index (χ0n) is 15.9. The highest BCUT2D eigenvalue weighted by Crippen LogP contribution is 2.26. The van der Waals surface area contributed by atoms with E-state index in [0.29, 0.717) is 6.42 Å². The van der Waals surface area contributed by atoms with Crippen LogP contribution in [-0.4, -0.2) is 44.1 Å². The molecule has 1 aromatic heterocycles. The van der Waals surface area contributed by atoms with E-state index in [1.807, 2.05) is 18.2 Å². The van der Waals surface area contributed by atoms with E-state index in [4.69, 9.17) is 9.15 Å². The van der Waals surface area contributed by atoms with Crippen molar-refractivity contribution in [2.24, 2.45) is 0 Å². The number of hydrogen-bond acceptors (Lipinski definition) is 4. The van der Waals surface area contributed by atoms with E-state index in [9.17, 15) is 4.79 Å². The lowest BCUT2D eigenvalue weighted by Crippen LogP contribution is -2.36. The van der Waals surface area contributed by atoms with Crippen LogP contribution in [0, 0.1) is 0 Å². The number of nitrogens with one attached hydrogen (secondary N) is 1. The van der Waals surface area contributed by atoms with Gasteiger partial charge in [-0.25, -0.2) is 0 Å². The van der Waals surface area contributed by atoms with Crippen molar-refractivity contribution in [3.8, 4) is 5.75 Å². The number of carbonyl (C=O) groups excluding carboxylic acids is 1. The van der Waals surface area contributed by atoms with Gasteiger partial charge in [0.1, 0.15) is 11.3 Å². The molecule has 1 aromatic carbocycles. The highest BCUT2D eigenvalue weighted by Gasteiger charge is 2.17. The predicted octanol–water partition coefficient (Wildman–Crippen LogP) is 3.75. The molecule has 1 fully saturated rings. The SMILES string of the molecule is COc1ccc2c(CC(=O)NCCCN(C)C3CCCCC3)coc2c1. The van der Waals surface area contributed by atoms with Crippen molar-refractivity contribution in [1.29, 1.82) is 0 Å². The summed E-state index contributed by atoms with van der Waals surface area (Å²) in [6.07, 6.45) is 9.74. The quantitative estimate of drug-likeness (QED) is 0.730. The van der Waals surface area contributed by atoms with Crippen LogP contribution in [0.5, 0.6) is 5.75 Å². The molecule has 1 amide bonds. The van der Waals surface area contributed by atoms with Crippen LogP contribution in [0.25, 0.3) is 11.0 Å². The summed E-state index contributed by atoms with van der Waals surface area (Å²) >= 11 is 0. The number of fused-ring (bicyclic) bond motifs is 1. The maximum absolute atomic E-state index is 12.2. The van der Waals surface area contributed by atoms with E-state index in [1.165, 1.54) is 32.1 Å². The second kappa shape index (κ2) is 9.08. The second-order valence-electron chi connectivity index (χ2n) is 7.28. The first-order valence-corrected chi connectivity index (χ1v) is 9.68. The molecule has 0 bridgehead atoms. The molecule has 1 aliphatic carbocycles. The molecule has 0 atom stereocenters. The van der Waals surface area contributed by atoms with Crippen molar-refractivity contribution in [2.75, 3.05) is 27.2 Å². The lowest BCUT2D eigenvalue weighted by molar-refractivity contribution is -0.120. The molecule has 1 N–H and O–H groups in total. The van der Waals surface area contributed by atoms with Gasteiger partial charge in [-0.3, -0.25) is 4.79 Å². The Hall–Kier alpha value is -2.01. The molecule has 5 nitrogen and oxygen atoms in total. The summed E-state index contributed by atoms with van der Waals surface area (Å²) in [6, 6.07) is 6.41. The molecule has 0 radical (unpaired) electrons. The summed E-state index contributed by atoms with van der Waals surface area (Å²) in [4.78, 5) is 14.7. The molecule has 5 heteroatoms. The van der Waals surface area contributed by atoms with Gasteiger partial charge >= 0.3 is 0 Å². The minimum Gasteiger partial charge on any atom is -0.497 e. The average molecular weight is 358 g/mol. The number of ether oxygens (including phenoxy) is 1. The van der Waals surface area contributed by atoms with Crippen LogP contribution in [0.15, 0.2) is 28.9 Å². The molecular formula is C21H30N2O3. The number of furan rings is 1. The Morgan fingerprint density at radius 3 is 2.88 bits per heavy atom. The minimum atomic E-state index is 0.0452. The topological polar surface area (TPSA) is 54.7 Å². The zero-order valence-corrected chi connectivity index (χ0v) is 15.9. The monoisotopic (exact) mass is 358 g/mol. The summed E-state index contributed by atoms with van der Waals surface area (Å²) < 4.78 is 10.7. The third-order valence-corrected chi connectivity index (χ3v) is 5.42. The number of methoxy groups -OCH3 is 1. The highest BCUT2D eigenvalue weighted by atomic mass is 16.5. The number of hydrogen-bond donors (Lipinski definition) is 1. The number of rotatable bonds is 8. The fourth-order valence-corrected chi connectivity index (χ4v) is 3.82. The van der Waals surface area contributed by atoms with Crippen molar-refractivity contribution in [1.82, 2.24) is 10.2 Å². The maximum atomic E-state index is 12.2. The smallest absolute Gasteiger partial charge is 0.224 e. The average Bonchev–Trinajstić information content (AvgIpc) is 3.07. The van der Waals surface area contributed by atoms with Gasteiger partial charge < -0.3 is 19.4 Å². The van der Waals surface area contributed by atoms with Crippen molar-refractivity contribution in [3.63, 3.8) is 0 Å². The summed E-state index contributed by atoms with van der Waals surface area (Å²) in [7, 11) is 3.84. The molecule has 0 aliphatic heterocycles. The lowest BCUT2D eigenvalue weighted by Gasteiger charge is -2.31. The molecule has 1 saturated carbocycles. The Morgan fingerprint density at radius 1 is 1.31 bits per heavy atom. The summed E-state index contributed by atoms with van der Waals surface area (Å²) in [5, 5.41) is 4.00. The van der Waals surface area contributed by atoms with E-state index in [0.717, 1.165) is 47.8 Å². The van der Waals surface area contributed by atoms with Gasteiger partial charge in [-0.15, -0.1) is 0 Å². The molecule has 0 saturated heterocycles. The molecule has 1 aliphatic rings. The van der Waals surface area contributed by atoms with Crippen LogP contribution in [0.2, 0.25) is 0 Å². The number of nitrogens with zero attached hydrogens (tertiary/aromatic N) is 1. The van der Waals surface area contributed by atoms with Gasteiger partial charge in [-0.05, 0) is 45.0 Å². The molecule has 26 heavy (non-hydrogen) atoms. The van der Waals surface area contributed by atoms with Crippen LogP contribution in [-0.2, 0) is 11.2 Å².